The van der Waals surface area contributed by atoms with E-state index in [9.17, 15) is 9.59 Å². The Labute approximate surface area is 174 Å². The molecule has 1 atom stereocenters. The molecule has 1 saturated heterocycles. The van der Waals surface area contributed by atoms with Gasteiger partial charge in [-0.1, -0.05) is 19.4 Å². The molecule has 6 nitrogen and oxygen atoms in total. The molecule has 0 bridgehead atoms. The Hall–Kier alpha value is -2.08. The summed E-state index contributed by atoms with van der Waals surface area (Å²) in [6, 6.07) is 6.57. The molecule has 2 aliphatic heterocycles. The van der Waals surface area contributed by atoms with Crippen molar-refractivity contribution >= 4 is 17.5 Å². The fourth-order valence-corrected chi connectivity index (χ4v) is 4.37. The van der Waals surface area contributed by atoms with Crippen molar-refractivity contribution in [1.82, 2.24) is 10.2 Å². The van der Waals surface area contributed by atoms with Gasteiger partial charge < -0.3 is 19.9 Å². The number of anilines is 1. The van der Waals surface area contributed by atoms with Crippen LogP contribution < -0.4 is 15.0 Å². The minimum absolute atomic E-state index is 0.0458. The fourth-order valence-electron chi connectivity index (χ4n) is 4.37. The maximum Gasteiger partial charge on any atom is 0.265 e. The maximum absolute atomic E-state index is 12.3. The highest BCUT2D eigenvalue weighted by atomic mass is 16.5. The number of carbonyl (C=O) groups excluding carboxylic acids is 2. The molecule has 2 amide bonds. The van der Waals surface area contributed by atoms with Gasteiger partial charge in [0.2, 0.25) is 5.91 Å². The molecule has 6 heteroatoms. The Morgan fingerprint density at radius 1 is 1.24 bits per heavy atom. The van der Waals surface area contributed by atoms with Crippen LogP contribution in [-0.2, 0) is 9.59 Å². The molecule has 2 aliphatic rings. The molecule has 2 heterocycles. The largest absolute Gasteiger partial charge is 0.482 e. The van der Waals surface area contributed by atoms with Gasteiger partial charge in [0.25, 0.3) is 5.91 Å². The number of likely N-dealkylation sites (tertiary alicyclic amines) is 1. The molecule has 3 rings (SSSR count). The van der Waals surface area contributed by atoms with E-state index in [0.29, 0.717) is 19.4 Å². The van der Waals surface area contributed by atoms with Gasteiger partial charge in [0.1, 0.15) is 5.75 Å². The predicted octanol–water partition coefficient (Wildman–Crippen LogP) is 3.27. The molecule has 0 unspecified atom stereocenters. The van der Waals surface area contributed by atoms with Gasteiger partial charge in [-0.25, -0.2) is 0 Å². The number of hydrogen-bond acceptors (Lipinski definition) is 4. The number of aryl methyl sites for hydroxylation is 1. The van der Waals surface area contributed by atoms with Crippen LogP contribution in [0.2, 0.25) is 0 Å². The monoisotopic (exact) mass is 401 g/mol. The van der Waals surface area contributed by atoms with Crippen molar-refractivity contribution < 1.29 is 14.3 Å². The molecule has 0 aliphatic carbocycles. The molecular formula is C23H35N3O3. The summed E-state index contributed by atoms with van der Waals surface area (Å²) in [4.78, 5) is 28.8. The smallest absolute Gasteiger partial charge is 0.265 e. The van der Waals surface area contributed by atoms with Gasteiger partial charge in [-0.15, -0.1) is 0 Å². The normalized spacial score (nSPS) is 19.6. The average molecular weight is 402 g/mol. The van der Waals surface area contributed by atoms with E-state index >= 15 is 0 Å². The van der Waals surface area contributed by atoms with Crippen LogP contribution in [0.15, 0.2) is 18.2 Å². The summed E-state index contributed by atoms with van der Waals surface area (Å²) in [5.41, 5.74) is 1.90. The van der Waals surface area contributed by atoms with Crippen LogP contribution in [0, 0.1) is 6.92 Å². The lowest BCUT2D eigenvalue weighted by atomic mass is 10.00. The summed E-state index contributed by atoms with van der Waals surface area (Å²) in [7, 11) is 0. The zero-order valence-electron chi connectivity index (χ0n) is 17.9. The lowest BCUT2D eigenvalue weighted by Gasteiger charge is -2.35. The van der Waals surface area contributed by atoms with Crippen LogP contribution in [0.1, 0.15) is 57.4 Å². The van der Waals surface area contributed by atoms with Crippen LogP contribution in [0.3, 0.4) is 0 Å². The molecule has 0 saturated carbocycles. The highest BCUT2D eigenvalue weighted by molar-refractivity contribution is 5.97. The molecule has 0 spiro atoms. The quantitative estimate of drug-likeness (QED) is 0.645. The molecule has 0 aromatic heterocycles. The van der Waals surface area contributed by atoms with E-state index in [1.165, 1.54) is 32.2 Å². The SMILES string of the molecule is CC[C@H]1CCCCN1CCCNC(=O)CCCN1C(=O)COc2ccc(C)cc21. The van der Waals surface area contributed by atoms with Crippen molar-refractivity contribution in [2.75, 3.05) is 37.7 Å². The lowest BCUT2D eigenvalue weighted by molar-refractivity contribution is -0.122. The van der Waals surface area contributed by atoms with Crippen molar-refractivity contribution in [2.24, 2.45) is 0 Å². The van der Waals surface area contributed by atoms with Crippen LogP contribution >= 0.6 is 0 Å². The van der Waals surface area contributed by atoms with Crippen LogP contribution in [0.4, 0.5) is 5.69 Å². The number of rotatable bonds is 9. The topological polar surface area (TPSA) is 61.9 Å². The predicted molar refractivity (Wildman–Crippen MR) is 115 cm³/mol. The summed E-state index contributed by atoms with van der Waals surface area (Å²) in [6.07, 6.45) is 7.26. The van der Waals surface area contributed by atoms with Gasteiger partial charge in [-0.3, -0.25) is 9.59 Å². The standard InChI is InChI=1S/C23H35N3O3/c1-3-19-8-4-5-13-25(19)14-7-12-24-22(27)9-6-15-26-20-16-18(2)10-11-21(20)29-17-23(26)28/h10-11,16,19H,3-9,12-15,17H2,1-2H3,(H,24,27)/t19-/m0/s1. The third-order valence-electron chi connectivity index (χ3n) is 6.01. The van der Waals surface area contributed by atoms with Crippen molar-refractivity contribution in [3.05, 3.63) is 23.8 Å². The first-order valence-corrected chi connectivity index (χ1v) is 11.1. The Bertz CT molecular complexity index is 707. The zero-order chi connectivity index (χ0) is 20.6. The van der Waals surface area contributed by atoms with Crippen molar-refractivity contribution in [3.63, 3.8) is 0 Å². The van der Waals surface area contributed by atoms with Crippen LogP contribution in [0.5, 0.6) is 5.75 Å². The van der Waals surface area contributed by atoms with E-state index in [1.54, 1.807) is 4.90 Å². The van der Waals surface area contributed by atoms with Gasteiger partial charge in [-0.05, 0) is 63.3 Å². The Kier molecular flexibility index (Phi) is 7.92. The molecule has 1 N–H and O–H groups in total. The second-order valence-electron chi connectivity index (χ2n) is 8.21. The van der Waals surface area contributed by atoms with Crippen molar-refractivity contribution in [1.29, 1.82) is 0 Å². The number of piperidine rings is 1. The van der Waals surface area contributed by atoms with Gasteiger partial charge in [-0.2, -0.15) is 0 Å². The summed E-state index contributed by atoms with van der Waals surface area (Å²) in [6.45, 7) is 7.86. The molecular weight excluding hydrogens is 366 g/mol. The number of hydrogen-bond donors (Lipinski definition) is 1. The fraction of sp³-hybridized carbons (Fsp3) is 0.652. The van der Waals surface area contributed by atoms with E-state index in [4.69, 9.17) is 4.74 Å². The maximum atomic E-state index is 12.3. The minimum atomic E-state index is -0.0458. The van der Waals surface area contributed by atoms with E-state index < -0.39 is 0 Å². The summed E-state index contributed by atoms with van der Waals surface area (Å²) in [5, 5.41) is 3.04. The Morgan fingerprint density at radius 2 is 2.10 bits per heavy atom. The highest BCUT2D eigenvalue weighted by Crippen LogP contribution is 2.32. The molecule has 0 radical (unpaired) electrons. The van der Waals surface area contributed by atoms with E-state index in [0.717, 1.165) is 42.6 Å². The number of benzene rings is 1. The number of ether oxygens (including phenoxy) is 1. The molecule has 1 fully saturated rings. The Morgan fingerprint density at radius 3 is 2.93 bits per heavy atom. The number of nitrogens with one attached hydrogen (secondary N) is 1. The number of nitrogens with zero attached hydrogens (tertiary/aromatic N) is 2. The highest BCUT2D eigenvalue weighted by Gasteiger charge is 2.25. The summed E-state index contributed by atoms with van der Waals surface area (Å²) < 4.78 is 5.50. The Balaban J connectivity index is 1.36. The van der Waals surface area contributed by atoms with E-state index in [1.807, 2.05) is 25.1 Å². The number of amides is 2. The second-order valence-corrected chi connectivity index (χ2v) is 8.21. The zero-order valence-corrected chi connectivity index (χ0v) is 17.9. The summed E-state index contributed by atoms with van der Waals surface area (Å²) in [5.74, 6) is 0.763. The van der Waals surface area contributed by atoms with E-state index in [2.05, 4.69) is 17.1 Å². The first kappa shape index (κ1) is 21.6. The van der Waals surface area contributed by atoms with Crippen molar-refractivity contribution in [3.8, 4) is 5.75 Å². The lowest BCUT2D eigenvalue weighted by Crippen LogP contribution is -2.41. The minimum Gasteiger partial charge on any atom is -0.482 e. The van der Waals surface area contributed by atoms with Crippen molar-refractivity contribution in [2.45, 2.75) is 64.8 Å². The first-order chi connectivity index (χ1) is 14.1. The van der Waals surface area contributed by atoms with Gasteiger partial charge in [0.15, 0.2) is 6.61 Å². The third-order valence-corrected chi connectivity index (χ3v) is 6.01. The molecule has 160 valence electrons. The average Bonchev–Trinajstić information content (AvgIpc) is 2.73. The summed E-state index contributed by atoms with van der Waals surface area (Å²) >= 11 is 0. The third kappa shape index (κ3) is 5.95. The molecule has 1 aromatic rings. The van der Waals surface area contributed by atoms with Crippen LogP contribution in [-0.4, -0.2) is 55.5 Å². The van der Waals surface area contributed by atoms with Gasteiger partial charge >= 0.3 is 0 Å². The first-order valence-electron chi connectivity index (χ1n) is 11.1. The molecule has 29 heavy (non-hydrogen) atoms. The van der Waals surface area contributed by atoms with Crippen LogP contribution in [0.25, 0.3) is 0 Å². The van der Waals surface area contributed by atoms with Gasteiger partial charge in [0, 0.05) is 32.1 Å². The number of fused-ring (bicyclic) bond motifs is 1. The van der Waals surface area contributed by atoms with E-state index in [-0.39, 0.29) is 18.4 Å². The second kappa shape index (κ2) is 10.6. The van der Waals surface area contributed by atoms with Gasteiger partial charge in [0.05, 0.1) is 5.69 Å². The number of carbonyl (C=O) groups is 2. The molecule has 1 aromatic carbocycles.